The fraction of sp³-hybridized carbons (Fsp3) is 0.911. The second-order valence-corrected chi connectivity index (χ2v) is 15.7. The van der Waals surface area contributed by atoms with E-state index in [9.17, 15) is 19.2 Å². The highest BCUT2D eigenvalue weighted by atomic mass is 16.5. The van der Waals surface area contributed by atoms with Crippen molar-refractivity contribution in [2.45, 2.75) is 251 Å². The van der Waals surface area contributed by atoms with Gasteiger partial charge in [-0.15, -0.1) is 0 Å². The summed E-state index contributed by atoms with van der Waals surface area (Å²) in [5.41, 5.74) is 0. The number of unbranched alkanes of at least 4 members (excludes halogenated alkanes) is 30. The van der Waals surface area contributed by atoms with Crippen LogP contribution < -0.4 is 10.6 Å². The maximum absolute atomic E-state index is 12.9. The van der Waals surface area contributed by atoms with Gasteiger partial charge in [0.05, 0.1) is 0 Å². The Kier molecular flexibility index (Phi) is 39.4. The minimum atomic E-state index is -0.983. The number of rotatable bonds is 42. The molecule has 0 aliphatic carbocycles. The molecule has 1 unspecified atom stereocenters. The largest absolute Gasteiger partial charge is 0.481 e. The molecule has 0 saturated carbocycles. The van der Waals surface area contributed by atoms with Crippen LogP contribution in [0.1, 0.15) is 245 Å². The van der Waals surface area contributed by atoms with Gasteiger partial charge in [-0.1, -0.05) is 206 Å². The lowest BCUT2D eigenvalue weighted by atomic mass is 10.0. The van der Waals surface area contributed by atoms with Crippen LogP contribution in [0.15, 0.2) is 0 Å². The lowest BCUT2D eigenvalue weighted by Gasteiger charge is -2.18. The van der Waals surface area contributed by atoms with Gasteiger partial charge in [0.1, 0.15) is 12.6 Å². The first kappa shape index (κ1) is 50.9. The van der Waals surface area contributed by atoms with E-state index in [1.165, 1.54) is 167 Å². The van der Waals surface area contributed by atoms with Crippen LogP contribution in [0.3, 0.4) is 0 Å². The molecule has 0 fully saturated rings. The first-order chi connectivity index (χ1) is 25.9. The minimum absolute atomic E-state index is 0.00233. The van der Waals surface area contributed by atoms with Crippen molar-refractivity contribution in [2.75, 3.05) is 13.2 Å². The summed E-state index contributed by atoms with van der Waals surface area (Å²) in [6.45, 7) is 4.83. The summed E-state index contributed by atoms with van der Waals surface area (Å²) >= 11 is 0. The number of hydrogen-bond acceptors (Lipinski definition) is 5. The summed E-state index contributed by atoms with van der Waals surface area (Å²) < 4.78 is 5.42. The molecule has 0 spiro atoms. The van der Waals surface area contributed by atoms with Gasteiger partial charge in [0.15, 0.2) is 0 Å². The number of carboxylic acids is 1. The van der Waals surface area contributed by atoms with Gasteiger partial charge in [-0.2, -0.15) is 0 Å². The third-order valence-corrected chi connectivity index (χ3v) is 10.4. The molecular weight excluding hydrogens is 665 g/mol. The fourth-order valence-electron chi connectivity index (χ4n) is 6.92. The number of carboxylic acid groups (broad SMARTS) is 1. The van der Waals surface area contributed by atoms with E-state index in [-0.39, 0.29) is 37.7 Å². The molecule has 0 radical (unpaired) electrons. The molecular formula is C45H86N2O6. The Bertz CT molecular complexity index is 851. The topological polar surface area (TPSA) is 122 Å². The molecule has 53 heavy (non-hydrogen) atoms. The molecule has 1 atom stereocenters. The van der Waals surface area contributed by atoms with Crippen molar-refractivity contribution in [2.24, 2.45) is 0 Å². The van der Waals surface area contributed by atoms with Gasteiger partial charge in [-0.25, -0.2) is 0 Å². The zero-order valence-electron chi connectivity index (χ0n) is 34.9. The molecule has 8 heteroatoms. The van der Waals surface area contributed by atoms with Gasteiger partial charge in [0, 0.05) is 25.8 Å². The highest BCUT2D eigenvalue weighted by molar-refractivity contribution is 5.88. The van der Waals surface area contributed by atoms with E-state index < -0.39 is 17.9 Å². The lowest BCUT2D eigenvalue weighted by Crippen LogP contribution is -2.49. The number of amides is 2. The van der Waals surface area contributed by atoms with E-state index in [0.717, 1.165) is 38.5 Å². The van der Waals surface area contributed by atoms with Gasteiger partial charge in [0.25, 0.3) is 0 Å². The van der Waals surface area contributed by atoms with Crippen LogP contribution >= 0.6 is 0 Å². The summed E-state index contributed by atoms with van der Waals surface area (Å²) in [4.78, 5) is 48.6. The second-order valence-electron chi connectivity index (χ2n) is 15.7. The summed E-state index contributed by atoms with van der Waals surface area (Å²) in [6, 6.07) is -0.983. The Morgan fingerprint density at radius 2 is 0.811 bits per heavy atom. The number of carbonyl (C=O) groups is 4. The van der Waals surface area contributed by atoms with Crippen molar-refractivity contribution in [3.8, 4) is 0 Å². The summed E-state index contributed by atoms with van der Waals surface area (Å²) in [7, 11) is 0. The van der Waals surface area contributed by atoms with Crippen molar-refractivity contribution in [3.05, 3.63) is 0 Å². The number of ether oxygens (including phenoxy) is 1. The Morgan fingerprint density at radius 3 is 1.19 bits per heavy atom. The first-order valence-electron chi connectivity index (χ1n) is 22.8. The molecule has 0 bridgehead atoms. The smallest absolute Gasteiger partial charge is 0.305 e. The van der Waals surface area contributed by atoms with Crippen molar-refractivity contribution < 1.29 is 29.0 Å². The number of nitrogens with one attached hydrogen (secondary N) is 2. The average Bonchev–Trinajstić information content (AvgIpc) is 3.14. The van der Waals surface area contributed by atoms with Crippen LogP contribution in [-0.4, -0.2) is 48.1 Å². The van der Waals surface area contributed by atoms with Gasteiger partial charge in [-0.3, -0.25) is 19.2 Å². The molecule has 0 aromatic carbocycles. The Labute approximate surface area is 326 Å². The van der Waals surface area contributed by atoms with E-state index in [0.29, 0.717) is 13.0 Å². The van der Waals surface area contributed by atoms with Crippen LogP contribution in [0.4, 0.5) is 0 Å². The van der Waals surface area contributed by atoms with Crippen molar-refractivity contribution >= 4 is 23.8 Å². The predicted octanol–water partition coefficient (Wildman–Crippen LogP) is 12.3. The fourth-order valence-corrected chi connectivity index (χ4v) is 6.92. The third kappa shape index (κ3) is 39.4. The zero-order chi connectivity index (χ0) is 38.9. The Morgan fingerprint density at radius 1 is 0.453 bits per heavy atom. The van der Waals surface area contributed by atoms with Crippen LogP contribution in [0.25, 0.3) is 0 Å². The van der Waals surface area contributed by atoms with E-state index in [2.05, 4.69) is 24.5 Å². The molecule has 0 saturated heterocycles. The van der Waals surface area contributed by atoms with Gasteiger partial charge < -0.3 is 20.5 Å². The molecule has 0 aromatic rings. The molecule has 3 N–H and O–H groups in total. The SMILES string of the molecule is CCCCCCCCCCCCCCCCCCNC(=O)C(COC(=O)CCCCCCCCCCCCCCCCCC)NC(=O)CCCC(=O)O. The maximum atomic E-state index is 12.9. The Hall–Kier alpha value is -2.12. The van der Waals surface area contributed by atoms with E-state index in [1.807, 2.05) is 0 Å². The molecule has 0 heterocycles. The van der Waals surface area contributed by atoms with Gasteiger partial charge in [0.2, 0.25) is 11.8 Å². The summed E-state index contributed by atoms with van der Waals surface area (Å²) in [5, 5.41) is 14.4. The predicted molar refractivity (Wildman–Crippen MR) is 221 cm³/mol. The molecule has 312 valence electrons. The summed E-state index contributed by atoms with van der Waals surface area (Å²) in [6.07, 6.45) is 41.3. The summed E-state index contributed by atoms with van der Waals surface area (Å²) in [5.74, 6) is -2.10. The van der Waals surface area contributed by atoms with Crippen molar-refractivity contribution in [1.82, 2.24) is 10.6 Å². The molecule has 0 aliphatic heterocycles. The van der Waals surface area contributed by atoms with Crippen molar-refractivity contribution in [3.63, 3.8) is 0 Å². The standard InChI is InChI=1S/C45H86N2O6/c1-3-5-7-9-11-13-15-17-19-21-23-25-27-29-31-33-38-44(51)53-40-41(47-42(48)36-35-37-43(49)50)45(52)46-39-34-32-30-28-26-24-22-20-18-16-14-12-10-8-6-4-2/h41H,3-40H2,1-2H3,(H,46,52)(H,47,48)(H,49,50). The number of carbonyl (C=O) groups excluding carboxylic acids is 3. The third-order valence-electron chi connectivity index (χ3n) is 10.4. The first-order valence-corrected chi connectivity index (χ1v) is 22.8. The van der Waals surface area contributed by atoms with E-state index >= 15 is 0 Å². The zero-order valence-corrected chi connectivity index (χ0v) is 34.9. The number of esters is 1. The van der Waals surface area contributed by atoms with Crippen LogP contribution in [0.5, 0.6) is 0 Å². The van der Waals surface area contributed by atoms with E-state index in [1.54, 1.807) is 0 Å². The molecule has 0 rings (SSSR count). The Balaban J connectivity index is 4.07. The number of aliphatic carboxylic acids is 1. The van der Waals surface area contributed by atoms with Gasteiger partial charge >= 0.3 is 11.9 Å². The molecule has 0 aliphatic rings. The monoisotopic (exact) mass is 751 g/mol. The molecule has 0 aromatic heterocycles. The highest BCUT2D eigenvalue weighted by Gasteiger charge is 2.22. The normalized spacial score (nSPS) is 11.7. The average molecular weight is 751 g/mol. The van der Waals surface area contributed by atoms with Gasteiger partial charge in [-0.05, 0) is 19.3 Å². The van der Waals surface area contributed by atoms with Crippen LogP contribution in [-0.2, 0) is 23.9 Å². The van der Waals surface area contributed by atoms with Crippen LogP contribution in [0.2, 0.25) is 0 Å². The molecule has 8 nitrogen and oxygen atoms in total. The van der Waals surface area contributed by atoms with Crippen LogP contribution in [0, 0.1) is 0 Å². The lowest BCUT2D eigenvalue weighted by molar-refractivity contribution is -0.146. The number of hydrogen-bond donors (Lipinski definition) is 3. The highest BCUT2D eigenvalue weighted by Crippen LogP contribution is 2.15. The van der Waals surface area contributed by atoms with Crippen molar-refractivity contribution in [1.29, 1.82) is 0 Å². The quantitative estimate of drug-likeness (QED) is 0.0422. The second kappa shape index (κ2) is 41.1. The van der Waals surface area contributed by atoms with E-state index in [4.69, 9.17) is 9.84 Å². The molecule has 2 amide bonds. The minimum Gasteiger partial charge on any atom is -0.481 e. The maximum Gasteiger partial charge on any atom is 0.305 e.